The van der Waals surface area contributed by atoms with Crippen LogP contribution in [0.15, 0.2) is 41.8 Å². The molecule has 2 aromatic rings. The summed E-state index contributed by atoms with van der Waals surface area (Å²) < 4.78 is 5.39. The van der Waals surface area contributed by atoms with Crippen LogP contribution in [-0.2, 0) is 0 Å². The first-order valence-corrected chi connectivity index (χ1v) is 6.21. The predicted molar refractivity (Wildman–Crippen MR) is 70.9 cm³/mol. The molecule has 0 saturated carbocycles. The average molecular weight is 230 g/mol. The van der Waals surface area contributed by atoms with Gasteiger partial charge in [-0.25, -0.2) is 0 Å². The summed E-state index contributed by atoms with van der Waals surface area (Å²) >= 11 is 1.74. The van der Waals surface area contributed by atoms with Gasteiger partial charge in [-0.3, -0.25) is 0 Å². The molecule has 1 nitrogen and oxygen atoms in total. The van der Waals surface area contributed by atoms with Crippen LogP contribution in [0.5, 0.6) is 5.75 Å². The number of thiophene rings is 1. The standard InChI is InChI=1S/C14H14OS/c1-2-15-13-8-5-12(6-9-13)7-10-14-4-3-11-16-14/h3-11H,2H2,1H3/b10-7+. The summed E-state index contributed by atoms with van der Waals surface area (Å²) in [7, 11) is 0. The maximum atomic E-state index is 5.39. The fourth-order valence-electron chi connectivity index (χ4n) is 1.41. The number of hydrogen-bond acceptors (Lipinski definition) is 2. The lowest BCUT2D eigenvalue weighted by molar-refractivity contribution is 0.340. The summed E-state index contributed by atoms with van der Waals surface area (Å²) in [6.07, 6.45) is 4.24. The van der Waals surface area contributed by atoms with Crippen LogP contribution < -0.4 is 4.74 Å². The highest BCUT2D eigenvalue weighted by molar-refractivity contribution is 7.10. The first kappa shape index (κ1) is 11.0. The Labute approximate surface area is 100 Å². The molecule has 0 fully saturated rings. The summed E-state index contributed by atoms with van der Waals surface area (Å²) in [4.78, 5) is 1.27. The Bertz CT molecular complexity index is 440. The van der Waals surface area contributed by atoms with Gasteiger partial charge in [0, 0.05) is 4.88 Å². The Balaban J connectivity index is 2.05. The van der Waals surface area contributed by atoms with Crippen LogP contribution in [-0.4, -0.2) is 6.61 Å². The van der Waals surface area contributed by atoms with Crippen molar-refractivity contribution in [3.8, 4) is 5.75 Å². The third kappa shape index (κ3) is 2.97. The van der Waals surface area contributed by atoms with Gasteiger partial charge in [0.15, 0.2) is 0 Å². The van der Waals surface area contributed by atoms with Gasteiger partial charge in [-0.15, -0.1) is 11.3 Å². The van der Waals surface area contributed by atoms with Crippen molar-refractivity contribution in [3.63, 3.8) is 0 Å². The Morgan fingerprint density at radius 2 is 1.94 bits per heavy atom. The van der Waals surface area contributed by atoms with Gasteiger partial charge in [0.25, 0.3) is 0 Å². The zero-order valence-electron chi connectivity index (χ0n) is 9.22. The topological polar surface area (TPSA) is 9.23 Å². The molecule has 0 amide bonds. The van der Waals surface area contributed by atoms with Crippen LogP contribution in [0.25, 0.3) is 12.2 Å². The quantitative estimate of drug-likeness (QED) is 0.760. The Hall–Kier alpha value is -1.54. The van der Waals surface area contributed by atoms with Crippen molar-refractivity contribution >= 4 is 23.5 Å². The van der Waals surface area contributed by atoms with E-state index >= 15 is 0 Å². The van der Waals surface area contributed by atoms with E-state index in [2.05, 4.69) is 41.8 Å². The highest BCUT2D eigenvalue weighted by atomic mass is 32.1. The Morgan fingerprint density at radius 3 is 2.56 bits per heavy atom. The fourth-order valence-corrected chi connectivity index (χ4v) is 2.02. The molecule has 0 aliphatic rings. The van der Waals surface area contributed by atoms with Crippen LogP contribution in [0.2, 0.25) is 0 Å². The van der Waals surface area contributed by atoms with Crippen molar-refractivity contribution in [1.82, 2.24) is 0 Å². The molecule has 0 bridgehead atoms. The summed E-state index contributed by atoms with van der Waals surface area (Å²) in [5.74, 6) is 0.927. The molecule has 82 valence electrons. The normalized spacial score (nSPS) is 10.8. The molecule has 0 unspecified atom stereocenters. The van der Waals surface area contributed by atoms with Crippen LogP contribution in [0, 0.1) is 0 Å². The van der Waals surface area contributed by atoms with Gasteiger partial charge < -0.3 is 4.74 Å². The third-order valence-electron chi connectivity index (χ3n) is 2.17. The minimum absolute atomic E-state index is 0.713. The van der Waals surface area contributed by atoms with Gasteiger partial charge in [-0.05, 0) is 42.1 Å². The van der Waals surface area contributed by atoms with E-state index in [9.17, 15) is 0 Å². The molecule has 0 spiro atoms. The fraction of sp³-hybridized carbons (Fsp3) is 0.143. The molecule has 1 aromatic heterocycles. The molecule has 0 atom stereocenters. The van der Waals surface area contributed by atoms with E-state index in [-0.39, 0.29) is 0 Å². The van der Waals surface area contributed by atoms with E-state index in [1.807, 2.05) is 19.1 Å². The lowest BCUT2D eigenvalue weighted by Gasteiger charge is -2.01. The number of hydrogen-bond donors (Lipinski definition) is 0. The lowest BCUT2D eigenvalue weighted by atomic mass is 10.2. The largest absolute Gasteiger partial charge is 0.494 e. The molecule has 0 radical (unpaired) electrons. The van der Waals surface area contributed by atoms with E-state index in [1.54, 1.807) is 11.3 Å². The van der Waals surface area contributed by atoms with E-state index in [0.717, 1.165) is 5.75 Å². The molecule has 0 aliphatic heterocycles. The van der Waals surface area contributed by atoms with Gasteiger partial charge in [-0.2, -0.15) is 0 Å². The summed E-state index contributed by atoms with van der Waals surface area (Å²) in [6.45, 7) is 2.70. The molecule has 0 saturated heterocycles. The first-order chi connectivity index (χ1) is 7.88. The SMILES string of the molecule is CCOc1ccc(/C=C/c2cccs2)cc1. The molecule has 0 N–H and O–H groups in total. The predicted octanol–water partition coefficient (Wildman–Crippen LogP) is 4.32. The zero-order chi connectivity index (χ0) is 11.2. The lowest BCUT2D eigenvalue weighted by Crippen LogP contribution is -1.90. The molecule has 1 aromatic carbocycles. The van der Waals surface area contributed by atoms with Gasteiger partial charge >= 0.3 is 0 Å². The van der Waals surface area contributed by atoms with E-state index in [0.29, 0.717) is 6.61 Å². The Kier molecular flexibility index (Phi) is 3.78. The van der Waals surface area contributed by atoms with Gasteiger partial charge in [0.05, 0.1) is 6.61 Å². The second kappa shape index (κ2) is 5.52. The summed E-state index contributed by atoms with van der Waals surface area (Å²) in [5, 5.41) is 2.08. The van der Waals surface area contributed by atoms with Crippen molar-refractivity contribution in [1.29, 1.82) is 0 Å². The molecule has 16 heavy (non-hydrogen) atoms. The van der Waals surface area contributed by atoms with Crippen molar-refractivity contribution in [2.45, 2.75) is 6.92 Å². The minimum Gasteiger partial charge on any atom is -0.494 e. The molecule has 2 rings (SSSR count). The molecular formula is C14H14OS. The van der Waals surface area contributed by atoms with E-state index in [1.165, 1.54) is 10.4 Å². The van der Waals surface area contributed by atoms with Gasteiger partial charge in [0.2, 0.25) is 0 Å². The van der Waals surface area contributed by atoms with Crippen molar-refractivity contribution in [2.75, 3.05) is 6.61 Å². The highest BCUT2D eigenvalue weighted by Crippen LogP contribution is 2.16. The second-order valence-corrected chi connectivity index (χ2v) is 4.33. The number of rotatable bonds is 4. The molecule has 2 heteroatoms. The summed E-state index contributed by atoms with van der Waals surface area (Å²) in [6, 6.07) is 12.3. The smallest absolute Gasteiger partial charge is 0.119 e. The Morgan fingerprint density at radius 1 is 1.12 bits per heavy atom. The van der Waals surface area contributed by atoms with Crippen molar-refractivity contribution < 1.29 is 4.74 Å². The number of ether oxygens (including phenoxy) is 1. The van der Waals surface area contributed by atoms with Crippen LogP contribution >= 0.6 is 11.3 Å². The average Bonchev–Trinajstić information content (AvgIpc) is 2.82. The van der Waals surface area contributed by atoms with Crippen LogP contribution in [0.1, 0.15) is 17.4 Å². The van der Waals surface area contributed by atoms with Crippen LogP contribution in [0.3, 0.4) is 0 Å². The van der Waals surface area contributed by atoms with Crippen molar-refractivity contribution in [2.24, 2.45) is 0 Å². The molecule has 0 aliphatic carbocycles. The maximum absolute atomic E-state index is 5.39. The van der Waals surface area contributed by atoms with Gasteiger partial charge in [0.1, 0.15) is 5.75 Å². The maximum Gasteiger partial charge on any atom is 0.119 e. The molecule has 1 heterocycles. The van der Waals surface area contributed by atoms with Crippen LogP contribution in [0.4, 0.5) is 0 Å². The van der Waals surface area contributed by atoms with E-state index in [4.69, 9.17) is 4.74 Å². The number of benzene rings is 1. The molecular weight excluding hydrogens is 216 g/mol. The monoisotopic (exact) mass is 230 g/mol. The first-order valence-electron chi connectivity index (χ1n) is 5.33. The van der Waals surface area contributed by atoms with E-state index < -0.39 is 0 Å². The zero-order valence-corrected chi connectivity index (χ0v) is 10.0. The third-order valence-corrected chi connectivity index (χ3v) is 3.01. The minimum atomic E-state index is 0.713. The highest BCUT2D eigenvalue weighted by Gasteiger charge is 1.91. The summed E-state index contributed by atoms with van der Waals surface area (Å²) in [5.41, 5.74) is 1.19. The second-order valence-electron chi connectivity index (χ2n) is 3.35. The van der Waals surface area contributed by atoms with Gasteiger partial charge in [-0.1, -0.05) is 24.3 Å². The van der Waals surface area contributed by atoms with Crippen molar-refractivity contribution in [3.05, 3.63) is 52.2 Å².